The number of halogens is 1. The zero-order valence-corrected chi connectivity index (χ0v) is 19.5. The SMILES string of the molecule is CCC(CCO)CCNc1nc(N(C)C)nc(Cl)c1-c1cc2cc(OC)nc(C)c2o1. The van der Waals surface area contributed by atoms with E-state index in [0.29, 0.717) is 52.2 Å². The predicted molar refractivity (Wildman–Crippen MR) is 124 cm³/mol. The van der Waals surface area contributed by atoms with Gasteiger partial charge in [0.25, 0.3) is 0 Å². The fourth-order valence-electron chi connectivity index (χ4n) is 3.50. The van der Waals surface area contributed by atoms with Crippen LogP contribution in [0, 0.1) is 12.8 Å². The van der Waals surface area contributed by atoms with Gasteiger partial charge in [-0.25, -0.2) is 9.97 Å². The number of anilines is 2. The summed E-state index contributed by atoms with van der Waals surface area (Å²) in [6.45, 7) is 4.90. The van der Waals surface area contributed by atoms with Gasteiger partial charge in [0.2, 0.25) is 11.8 Å². The molecule has 0 saturated heterocycles. The molecule has 0 aliphatic heterocycles. The van der Waals surface area contributed by atoms with Crippen molar-refractivity contribution in [3.8, 4) is 17.2 Å². The van der Waals surface area contributed by atoms with Gasteiger partial charge in [0.1, 0.15) is 16.7 Å². The van der Waals surface area contributed by atoms with Gasteiger partial charge in [-0.05, 0) is 31.7 Å². The summed E-state index contributed by atoms with van der Waals surface area (Å²) in [5.74, 6) is 2.65. The molecule has 0 bridgehead atoms. The average molecular weight is 448 g/mol. The van der Waals surface area contributed by atoms with E-state index in [9.17, 15) is 5.11 Å². The number of nitrogens with one attached hydrogen (secondary N) is 1. The predicted octanol–water partition coefficient (Wildman–Crippen LogP) is 4.53. The number of furan rings is 1. The maximum atomic E-state index is 9.25. The lowest BCUT2D eigenvalue weighted by Crippen LogP contribution is -2.16. The highest BCUT2D eigenvalue weighted by atomic mass is 35.5. The second kappa shape index (κ2) is 10.2. The molecule has 1 atom stereocenters. The van der Waals surface area contributed by atoms with E-state index in [0.717, 1.165) is 30.3 Å². The van der Waals surface area contributed by atoms with Crippen molar-refractivity contribution in [3.63, 3.8) is 0 Å². The number of ether oxygens (including phenoxy) is 1. The molecule has 0 saturated carbocycles. The van der Waals surface area contributed by atoms with Gasteiger partial charge < -0.3 is 24.5 Å². The minimum Gasteiger partial charge on any atom is -0.481 e. The molecule has 3 aromatic rings. The first kappa shape index (κ1) is 23.1. The molecule has 168 valence electrons. The summed E-state index contributed by atoms with van der Waals surface area (Å²) in [6, 6.07) is 3.73. The monoisotopic (exact) mass is 447 g/mol. The smallest absolute Gasteiger partial charge is 0.228 e. The van der Waals surface area contributed by atoms with Gasteiger partial charge >= 0.3 is 0 Å². The molecule has 1 unspecified atom stereocenters. The van der Waals surface area contributed by atoms with Gasteiger partial charge in [-0.15, -0.1) is 0 Å². The van der Waals surface area contributed by atoms with Crippen LogP contribution in [0.25, 0.3) is 22.3 Å². The van der Waals surface area contributed by atoms with Gasteiger partial charge in [-0.1, -0.05) is 24.9 Å². The molecular formula is C22H30ClN5O3. The number of pyridine rings is 1. The van der Waals surface area contributed by atoms with Crippen molar-refractivity contribution in [2.45, 2.75) is 33.1 Å². The second-order valence-electron chi connectivity index (χ2n) is 7.71. The number of hydrogen-bond acceptors (Lipinski definition) is 8. The number of rotatable bonds is 10. The Bertz CT molecular complexity index is 1040. The molecule has 0 aliphatic carbocycles. The van der Waals surface area contributed by atoms with E-state index in [1.165, 1.54) is 0 Å². The Balaban J connectivity index is 2.00. The van der Waals surface area contributed by atoms with Crippen molar-refractivity contribution < 1.29 is 14.3 Å². The molecule has 0 spiro atoms. The lowest BCUT2D eigenvalue weighted by molar-refractivity contribution is 0.251. The Hall–Kier alpha value is -2.58. The van der Waals surface area contributed by atoms with Crippen molar-refractivity contribution >= 4 is 34.3 Å². The molecular weight excluding hydrogens is 418 g/mol. The summed E-state index contributed by atoms with van der Waals surface area (Å²) < 4.78 is 11.4. The van der Waals surface area contributed by atoms with Crippen molar-refractivity contribution in [3.05, 3.63) is 23.0 Å². The largest absolute Gasteiger partial charge is 0.481 e. The summed E-state index contributed by atoms with van der Waals surface area (Å²) in [4.78, 5) is 15.3. The van der Waals surface area contributed by atoms with Crippen LogP contribution < -0.4 is 15.0 Å². The maximum Gasteiger partial charge on any atom is 0.228 e. The molecule has 3 aromatic heterocycles. The van der Waals surface area contributed by atoms with Crippen LogP contribution in [0.3, 0.4) is 0 Å². The summed E-state index contributed by atoms with van der Waals surface area (Å²) >= 11 is 6.61. The molecule has 0 aromatic carbocycles. The first-order valence-corrected chi connectivity index (χ1v) is 10.8. The highest BCUT2D eigenvalue weighted by Gasteiger charge is 2.21. The minimum atomic E-state index is 0.198. The first-order valence-electron chi connectivity index (χ1n) is 10.4. The van der Waals surface area contributed by atoms with Gasteiger partial charge in [-0.2, -0.15) is 4.98 Å². The molecule has 0 aliphatic rings. The van der Waals surface area contributed by atoms with Crippen LogP contribution in [-0.4, -0.2) is 54.4 Å². The fraction of sp³-hybridized carbons (Fsp3) is 0.500. The molecule has 2 N–H and O–H groups in total. The van der Waals surface area contributed by atoms with E-state index in [1.54, 1.807) is 12.0 Å². The number of methoxy groups -OCH3 is 1. The Morgan fingerprint density at radius 3 is 2.65 bits per heavy atom. The number of aliphatic hydroxyl groups is 1. The Kier molecular flexibility index (Phi) is 7.56. The Morgan fingerprint density at radius 1 is 1.23 bits per heavy atom. The van der Waals surface area contributed by atoms with E-state index in [1.807, 2.05) is 33.2 Å². The van der Waals surface area contributed by atoms with Crippen LogP contribution in [0.1, 0.15) is 31.9 Å². The van der Waals surface area contributed by atoms with Gasteiger partial charge in [0.05, 0.1) is 18.4 Å². The normalized spacial score (nSPS) is 12.2. The number of aromatic nitrogens is 3. The molecule has 0 fully saturated rings. The minimum absolute atomic E-state index is 0.198. The standard InChI is InChI=1S/C22H30ClN5O3/c1-6-14(8-10-29)7-9-24-21-18(20(23)26-22(27-21)28(3)4)16-11-15-12-17(30-5)25-13(2)19(15)31-16/h11-12,14,29H,6-10H2,1-5H3,(H,24,26,27). The van der Waals surface area contributed by atoms with E-state index in [4.69, 9.17) is 20.8 Å². The second-order valence-corrected chi connectivity index (χ2v) is 8.07. The van der Waals surface area contributed by atoms with E-state index >= 15 is 0 Å². The summed E-state index contributed by atoms with van der Waals surface area (Å²) in [6.07, 6.45) is 2.71. The van der Waals surface area contributed by atoms with Gasteiger partial charge in [0, 0.05) is 38.7 Å². The van der Waals surface area contributed by atoms with Gasteiger partial charge in [-0.3, -0.25) is 0 Å². The lowest BCUT2D eigenvalue weighted by Gasteiger charge is -2.18. The topological polar surface area (TPSA) is 96.5 Å². The Labute approximate surface area is 187 Å². The number of aliphatic hydroxyl groups excluding tert-OH is 1. The van der Waals surface area contributed by atoms with E-state index < -0.39 is 0 Å². The van der Waals surface area contributed by atoms with Crippen molar-refractivity contribution in [2.75, 3.05) is 44.6 Å². The van der Waals surface area contributed by atoms with Crippen molar-refractivity contribution in [1.29, 1.82) is 0 Å². The highest BCUT2D eigenvalue weighted by Crippen LogP contribution is 2.38. The molecule has 0 radical (unpaired) electrons. The number of nitrogens with zero attached hydrogens (tertiary/aromatic N) is 4. The molecule has 8 nitrogen and oxygen atoms in total. The van der Waals surface area contributed by atoms with E-state index in [-0.39, 0.29) is 6.61 Å². The third kappa shape index (κ3) is 5.19. The third-order valence-electron chi connectivity index (χ3n) is 5.31. The summed E-state index contributed by atoms with van der Waals surface area (Å²) in [7, 11) is 5.32. The molecule has 3 rings (SSSR count). The Morgan fingerprint density at radius 2 is 2.00 bits per heavy atom. The number of fused-ring (bicyclic) bond motifs is 1. The highest BCUT2D eigenvalue weighted by molar-refractivity contribution is 6.32. The van der Waals surface area contributed by atoms with E-state index in [2.05, 4.69) is 27.2 Å². The van der Waals surface area contributed by atoms with Crippen molar-refractivity contribution in [1.82, 2.24) is 15.0 Å². The quantitative estimate of drug-likeness (QED) is 0.437. The maximum absolute atomic E-state index is 9.25. The van der Waals surface area contributed by atoms with Crippen LogP contribution >= 0.6 is 11.6 Å². The van der Waals surface area contributed by atoms with Crippen LogP contribution in [0.5, 0.6) is 5.88 Å². The third-order valence-corrected chi connectivity index (χ3v) is 5.59. The summed E-state index contributed by atoms with van der Waals surface area (Å²) in [5.41, 5.74) is 2.01. The number of hydrogen-bond donors (Lipinski definition) is 2. The van der Waals surface area contributed by atoms with Crippen molar-refractivity contribution in [2.24, 2.45) is 5.92 Å². The van der Waals surface area contributed by atoms with Crippen LogP contribution in [0.4, 0.5) is 11.8 Å². The van der Waals surface area contributed by atoms with Gasteiger partial charge in [0.15, 0.2) is 5.58 Å². The molecule has 0 amide bonds. The zero-order chi connectivity index (χ0) is 22.5. The van der Waals surface area contributed by atoms with Crippen LogP contribution in [0.15, 0.2) is 16.5 Å². The number of aryl methyl sites for hydroxylation is 1. The first-order chi connectivity index (χ1) is 14.9. The van der Waals surface area contributed by atoms with Crippen LogP contribution in [0.2, 0.25) is 5.15 Å². The lowest BCUT2D eigenvalue weighted by atomic mass is 9.99. The average Bonchev–Trinajstić information content (AvgIpc) is 3.16. The molecule has 9 heteroatoms. The zero-order valence-electron chi connectivity index (χ0n) is 18.7. The molecule has 3 heterocycles. The molecule has 31 heavy (non-hydrogen) atoms. The fourth-order valence-corrected chi connectivity index (χ4v) is 3.76. The summed E-state index contributed by atoms with van der Waals surface area (Å²) in [5, 5.41) is 13.8. The van der Waals surface area contributed by atoms with Crippen LogP contribution in [-0.2, 0) is 0 Å².